The van der Waals surface area contributed by atoms with E-state index >= 15 is 0 Å². The number of hydrogen-bond donors (Lipinski definition) is 0. The summed E-state index contributed by atoms with van der Waals surface area (Å²) >= 11 is 5.63. The Balaban J connectivity index is 2.42. The topological polar surface area (TPSA) is 30.0 Å². The highest BCUT2D eigenvalue weighted by Crippen LogP contribution is 2.23. The second kappa shape index (κ2) is 4.41. The highest BCUT2D eigenvalue weighted by atomic mass is 35.5. The summed E-state index contributed by atoms with van der Waals surface area (Å²) in [5.74, 6) is -0.685. The van der Waals surface area contributed by atoms with E-state index in [0.29, 0.717) is 11.1 Å². The molecule has 0 bridgehead atoms. The number of carbonyl (C=O) groups is 1. The molecule has 0 aliphatic carbocycles. The molecule has 0 fully saturated rings. The molecule has 2 aromatic rings. The van der Waals surface area contributed by atoms with Crippen LogP contribution in [0.1, 0.15) is 10.4 Å². The number of nitrogens with zero attached hydrogens (tertiary/aromatic N) is 1. The zero-order valence-corrected chi connectivity index (χ0v) is 8.91. The molecule has 0 amide bonds. The molecule has 16 heavy (non-hydrogen) atoms. The van der Waals surface area contributed by atoms with E-state index in [1.54, 1.807) is 24.3 Å². The van der Waals surface area contributed by atoms with E-state index in [1.807, 2.05) is 0 Å². The first-order chi connectivity index (χ1) is 7.70. The summed E-state index contributed by atoms with van der Waals surface area (Å²) in [5, 5.41) is -0.0167. The Kier molecular flexibility index (Phi) is 2.97. The summed E-state index contributed by atoms with van der Waals surface area (Å²) in [7, 11) is 0. The van der Waals surface area contributed by atoms with Gasteiger partial charge in [-0.3, -0.25) is 4.79 Å². The van der Waals surface area contributed by atoms with E-state index in [2.05, 4.69) is 4.98 Å². The van der Waals surface area contributed by atoms with Gasteiger partial charge >= 0.3 is 0 Å². The fourth-order valence-corrected chi connectivity index (χ4v) is 1.50. The molecule has 0 radical (unpaired) electrons. The number of carbonyl (C=O) groups excluding carboxylic acids is 1. The van der Waals surface area contributed by atoms with Gasteiger partial charge in [0.25, 0.3) is 0 Å². The van der Waals surface area contributed by atoms with Crippen molar-refractivity contribution in [3.8, 4) is 11.1 Å². The number of halogens is 2. The molecule has 80 valence electrons. The number of aromatic nitrogens is 1. The zero-order chi connectivity index (χ0) is 11.5. The summed E-state index contributed by atoms with van der Waals surface area (Å²) in [6.45, 7) is 0. The minimum atomic E-state index is -0.685. The first kappa shape index (κ1) is 10.8. The Morgan fingerprint density at radius 1 is 1.19 bits per heavy atom. The lowest BCUT2D eigenvalue weighted by Crippen LogP contribution is -1.86. The van der Waals surface area contributed by atoms with Crippen molar-refractivity contribution >= 4 is 17.9 Å². The van der Waals surface area contributed by atoms with E-state index in [9.17, 15) is 9.18 Å². The van der Waals surface area contributed by atoms with E-state index < -0.39 is 5.95 Å². The molecule has 0 saturated carbocycles. The van der Waals surface area contributed by atoms with Crippen LogP contribution in [0, 0.1) is 5.95 Å². The monoisotopic (exact) mass is 235 g/mol. The third-order valence-corrected chi connectivity index (χ3v) is 2.44. The molecule has 1 aromatic carbocycles. The maximum Gasteiger partial charge on any atom is 0.231 e. The first-order valence-electron chi connectivity index (χ1n) is 4.57. The third kappa shape index (κ3) is 2.09. The molecule has 2 rings (SSSR count). The molecule has 0 saturated heterocycles. The lowest BCUT2D eigenvalue weighted by Gasteiger charge is -2.02. The van der Waals surface area contributed by atoms with Gasteiger partial charge in [0, 0.05) is 17.3 Å². The van der Waals surface area contributed by atoms with Crippen LogP contribution in [-0.4, -0.2) is 11.3 Å². The number of hydrogen-bond acceptors (Lipinski definition) is 2. The Morgan fingerprint density at radius 2 is 1.88 bits per heavy atom. The summed E-state index contributed by atoms with van der Waals surface area (Å²) < 4.78 is 12.8. The molecule has 0 aliphatic heterocycles. The van der Waals surface area contributed by atoms with Crippen LogP contribution in [0.4, 0.5) is 4.39 Å². The normalized spacial score (nSPS) is 10.1. The predicted octanol–water partition coefficient (Wildman–Crippen LogP) is 3.35. The summed E-state index contributed by atoms with van der Waals surface area (Å²) in [5.41, 5.74) is 2.13. The zero-order valence-electron chi connectivity index (χ0n) is 8.15. The minimum absolute atomic E-state index is 0.0167. The van der Waals surface area contributed by atoms with Gasteiger partial charge in [0.05, 0.1) is 5.02 Å². The van der Waals surface area contributed by atoms with Gasteiger partial charge in [0.1, 0.15) is 6.29 Å². The second-order valence-electron chi connectivity index (χ2n) is 3.24. The second-order valence-corrected chi connectivity index (χ2v) is 3.64. The van der Waals surface area contributed by atoms with Gasteiger partial charge < -0.3 is 0 Å². The van der Waals surface area contributed by atoms with Crippen LogP contribution in [0.5, 0.6) is 0 Å². The SMILES string of the molecule is O=Cc1ccc(-c2cnc(F)c(Cl)c2)cc1. The first-order valence-corrected chi connectivity index (χ1v) is 4.95. The van der Waals surface area contributed by atoms with Crippen LogP contribution in [0.25, 0.3) is 11.1 Å². The average Bonchev–Trinajstić information content (AvgIpc) is 2.33. The fraction of sp³-hybridized carbons (Fsp3) is 0. The number of pyridine rings is 1. The van der Waals surface area contributed by atoms with Crippen molar-refractivity contribution in [1.29, 1.82) is 0 Å². The van der Waals surface area contributed by atoms with Crippen molar-refractivity contribution in [3.63, 3.8) is 0 Å². The van der Waals surface area contributed by atoms with Gasteiger partial charge in [-0.05, 0) is 11.6 Å². The van der Waals surface area contributed by atoms with E-state index in [-0.39, 0.29) is 5.02 Å². The molecule has 1 heterocycles. The molecule has 1 aromatic heterocycles. The van der Waals surface area contributed by atoms with Gasteiger partial charge in [-0.25, -0.2) is 4.98 Å². The Bertz CT molecular complexity index is 525. The van der Waals surface area contributed by atoms with Crippen molar-refractivity contribution in [2.75, 3.05) is 0 Å². The Hall–Kier alpha value is -1.74. The molecule has 0 atom stereocenters. The third-order valence-electron chi connectivity index (χ3n) is 2.18. The summed E-state index contributed by atoms with van der Waals surface area (Å²) in [6, 6.07) is 8.38. The highest BCUT2D eigenvalue weighted by molar-refractivity contribution is 6.30. The van der Waals surface area contributed by atoms with E-state index in [0.717, 1.165) is 11.8 Å². The maximum atomic E-state index is 12.8. The van der Waals surface area contributed by atoms with Gasteiger partial charge in [0.15, 0.2) is 0 Å². The van der Waals surface area contributed by atoms with E-state index in [4.69, 9.17) is 11.6 Å². The number of rotatable bonds is 2. The van der Waals surface area contributed by atoms with Crippen LogP contribution in [0.3, 0.4) is 0 Å². The van der Waals surface area contributed by atoms with Crippen molar-refractivity contribution in [1.82, 2.24) is 4.98 Å². The highest BCUT2D eigenvalue weighted by Gasteiger charge is 2.04. The van der Waals surface area contributed by atoms with Crippen molar-refractivity contribution in [2.45, 2.75) is 0 Å². The molecule has 2 nitrogen and oxygen atoms in total. The van der Waals surface area contributed by atoms with Crippen molar-refractivity contribution in [3.05, 3.63) is 53.1 Å². The van der Waals surface area contributed by atoms with E-state index in [1.165, 1.54) is 12.3 Å². The van der Waals surface area contributed by atoms with Gasteiger partial charge in [-0.15, -0.1) is 0 Å². The van der Waals surface area contributed by atoms with Crippen LogP contribution < -0.4 is 0 Å². The number of benzene rings is 1. The van der Waals surface area contributed by atoms with Crippen LogP contribution in [-0.2, 0) is 0 Å². The van der Waals surface area contributed by atoms with Crippen LogP contribution in [0.15, 0.2) is 36.5 Å². The maximum absolute atomic E-state index is 12.8. The lowest BCUT2D eigenvalue weighted by atomic mass is 10.1. The van der Waals surface area contributed by atoms with Crippen LogP contribution in [0.2, 0.25) is 5.02 Å². The fourth-order valence-electron chi connectivity index (χ4n) is 1.33. The smallest absolute Gasteiger partial charge is 0.231 e. The molecule has 4 heteroatoms. The lowest BCUT2D eigenvalue weighted by molar-refractivity contribution is 0.112. The molecule has 0 aliphatic rings. The largest absolute Gasteiger partial charge is 0.298 e. The molecule has 0 spiro atoms. The van der Waals surface area contributed by atoms with Crippen LogP contribution >= 0.6 is 11.6 Å². The van der Waals surface area contributed by atoms with Gasteiger partial charge in [-0.1, -0.05) is 35.9 Å². The minimum Gasteiger partial charge on any atom is -0.298 e. The predicted molar refractivity (Wildman–Crippen MR) is 60.0 cm³/mol. The van der Waals surface area contributed by atoms with Gasteiger partial charge in [-0.2, -0.15) is 4.39 Å². The average molecular weight is 236 g/mol. The molecular weight excluding hydrogens is 229 g/mol. The van der Waals surface area contributed by atoms with Crippen molar-refractivity contribution in [2.24, 2.45) is 0 Å². The molecular formula is C12H7ClFNO. The molecule has 0 N–H and O–H groups in total. The number of aldehydes is 1. The Morgan fingerprint density at radius 3 is 2.44 bits per heavy atom. The summed E-state index contributed by atoms with van der Waals surface area (Å²) in [4.78, 5) is 14.0. The summed E-state index contributed by atoms with van der Waals surface area (Å²) in [6.07, 6.45) is 2.16. The van der Waals surface area contributed by atoms with Gasteiger partial charge in [0.2, 0.25) is 5.95 Å². The molecule has 0 unspecified atom stereocenters. The van der Waals surface area contributed by atoms with Crippen molar-refractivity contribution < 1.29 is 9.18 Å². The quantitative estimate of drug-likeness (QED) is 0.590. The standard InChI is InChI=1S/C12H7ClFNO/c13-11-5-10(6-15-12(11)14)9-3-1-8(7-16)2-4-9/h1-7H. The Labute approximate surface area is 96.7 Å².